The van der Waals surface area contributed by atoms with Crippen molar-refractivity contribution in [2.24, 2.45) is 4.99 Å². The van der Waals surface area contributed by atoms with Crippen LogP contribution in [0, 0.1) is 0 Å². The Balaban J connectivity index is 2.58. The molecule has 3 nitrogen and oxygen atoms in total. The second-order valence-electron chi connectivity index (χ2n) is 3.91. The molecule has 0 fully saturated rings. The van der Waals surface area contributed by atoms with E-state index in [1.807, 2.05) is 31.9 Å². The summed E-state index contributed by atoms with van der Waals surface area (Å²) < 4.78 is 1.14. The predicted molar refractivity (Wildman–Crippen MR) is 85.4 cm³/mol. The number of nitrogens with zero attached hydrogens (tertiary/aromatic N) is 2. The van der Waals surface area contributed by atoms with Crippen LogP contribution in [-0.2, 0) is 6.54 Å². The molecule has 0 spiro atoms. The molecule has 0 aromatic heterocycles. The Bertz CT molecular complexity index is 396. The van der Waals surface area contributed by atoms with Crippen LogP contribution in [0.1, 0.15) is 5.56 Å². The molecule has 0 bridgehead atoms. The zero-order valence-corrected chi connectivity index (χ0v) is 13.5. The maximum Gasteiger partial charge on any atom is 0.193 e. The number of aliphatic imine (C=N–C) groups is 1. The van der Waals surface area contributed by atoms with E-state index in [1.54, 1.807) is 0 Å². The van der Waals surface area contributed by atoms with Crippen molar-refractivity contribution in [1.29, 1.82) is 0 Å². The maximum absolute atomic E-state index is 4.29. The van der Waals surface area contributed by atoms with Crippen molar-refractivity contribution < 1.29 is 0 Å². The molecule has 0 unspecified atom stereocenters. The number of thioether (sulfide) groups is 1. The summed E-state index contributed by atoms with van der Waals surface area (Å²) in [6.45, 7) is 1.77. The molecule has 1 aromatic carbocycles. The van der Waals surface area contributed by atoms with Crippen LogP contribution in [-0.4, -0.2) is 43.5 Å². The first-order chi connectivity index (χ1) is 8.69. The van der Waals surface area contributed by atoms with Crippen LogP contribution in [0.15, 0.2) is 33.7 Å². The van der Waals surface area contributed by atoms with Crippen LogP contribution in [0.5, 0.6) is 0 Å². The molecule has 0 amide bonds. The first-order valence-electron chi connectivity index (χ1n) is 5.83. The Hall–Kier alpha value is -0.680. The Morgan fingerprint density at radius 2 is 2.17 bits per heavy atom. The van der Waals surface area contributed by atoms with Crippen LogP contribution >= 0.6 is 27.7 Å². The van der Waals surface area contributed by atoms with Gasteiger partial charge < -0.3 is 10.2 Å². The second kappa shape index (κ2) is 8.43. The van der Waals surface area contributed by atoms with Gasteiger partial charge in [-0.25, -0.2) is 0 Å². The molecule has 0 aliphatic carbocycles. The third-order valence-corrected chi connectivity index (χ3v) is 3.91. The van der Waals surface area contributed by atoms with Crippen LogP contribution in [0.3, 0.4) is 0 Å². The van der Waals surface area contributed by atoms with Crippen molar-refractivity contribution in [1.82, 2.24) is 10.2 Å². The van der Waals surface area contributed by atoms with E-state index in [9.17, 15) is 0 Å². The van der Waals surface area contributed by atoms with Gasteiger partial charge in [0.25, 0.3) is 0 Å². The fraction of sp³-hybridized carbons (Fsp3) is 0.462. The van der Waals surface area contributed by atoms with Crippen molar-refractivity contribution >= 4 is 33.7 Å². The standard InChI is InChI=1S/C13H20BrN3S/c1-15-13(16-8-9-18-3)17(2)10-11-6-4-5-7-12(11)14/h4-7H,8-10H2,1-3H3,(H,15,16). The smallest absolute Gasteiger partial charge is 0.193 e. The van der Waals surface area contributed by atoms with E-state index in [1.165, 1.54) is 5.56 Å². The highest BCUT2D eigenvalue weighted by molar-refractivity contribution is 9.10. The number of nitrogens with one attached hydrogen (secondary N) is 1. The van der Waals surface area contributed by atoms with Crippen LogP contribution in [0.4, 0.5) is 0 Å². The van der Waals surface area contributed by atoms with E-state index in [2.05, 4.69) is 55.6 Å². The number of guanidine groups is 1. The summed E-state index contributed by atoms with van der Waals surface area (Å²) in [5, 5.41) is 3.35. The minimum Gasteiger partial charge on any atom is -0.355 e. The zero-order valence-electron chi connectivity index (χ0n) is 11.1. The first-order valence-corrected chi connectivity index (χ1v) is 8.02. The number of hydrogen-bond acceptors (Lipinski definition) is 2. The highest BCUT2D eigenvalue weighted by atomic mass is 79.9. The van der Waals surface area contributed by atoms with Crippen LogP contribution < -0.4 is 5.32 Å². The third kappa shape index (κ3) is 4.90. The van der Waals surface area contributed by atoms with Gasteiger partial charge in [-0.15, -0.1) is 0 Å². The van der Waals surface area contributed by atoms with Crippen molar-refractivity contribution in [3.8, 4) is 0 Å². The number of hydrogen-bond donors (Lipinski definition) is 1. The second-order valence-corrected chi connectivity index (χ2v) is 5.75. The number of rotatable bonds is 5. The fourth-order valence-corrected chi connectivity index (χ4v) is 2.32. The first kappa shape index (κ1) is 15.4. The highest BCUT2D eigenvalue weighted by Crippen LogP contribution is 2.17. The van der Waals surface area contributed by atoms with Crippen molar-refractivity contribution in [3.63, 3.8) is 0 Å². The molecule has 0 saturated carbocycles. The topological polar surface area (TPSA) is 27.6 Å². The van der Waals surface area contributed by atoms with Gasteiger partial charge in [-0.05, 0) is 17.9 Å². The Morgan fingerprint density at radius 3 is 2.78 bits per heavy atom. The molecule has 18 heavy (non-hydrogen) atoms. The molecule has 1 aromatic rings. The van der Waals surface area contributed by atoms with E-state index in [4.69, 9.17) is 0 Å². The Morgan fingerprint density at radius 1 is 1.44 bits per heavy atom. The predicted octanol–water partition coefficient (Wildman–Crippen LogP) is 2.82. The maximum atomic E-state index is 4.29. The van der Waals surface area contributed by atoms with Crippen molar-refractivity contribution in [2.75, 3.05) is 32.6 Å². The molecule has 0 saturated heterocycles. The van der Waals surface area contributed by atoms with Gasteiger partial charge in [0.05, 0.1) is 0 Å². The minimum absolute atomic E-state index is 0.834. The lowest BCUT2D eigenvalue weighted by Crippen LogP contribution is -2.39. The molecule has 0 aliphatic rings. The van der Waals surface area contributed by atoms with E-state index < -0.39 is 0 Å². The Kier molecular flexibility index (Phi) is 7.20. The molecule has 5 heteroatoms. The molecule has 1 rings (SSSR count). The lowest BCUT2D eigenvalue weighted by atomic mass is 10.2. The van der Waals surface area contributed by atoms with Gasteiger partial charge in [0, 0.05) is 37.4 Å². The molecule has 0 heterocycles. The third-order valence-electron chi connectivity index (χ3n) is 2.53. The quantitative estimate of drug-likeness (QED) is 0.511. The van der Waals surface area contributed by atoms with Crippen LogP contribution in [0.25, 0.3) is 0 Å². The lowest BCUT2D eigenvalue weighted by molar-refractivity contribution is 0.478. The molecule has 100 valence electrons. The average molecular weight is 330 g/mol. The number of benzene rings is 1. The molecular weight excluding hydrogens is 310 g/mol. The molecule has 1 N–H and O–H groups in total. The summed E-state index contributed by atoms with van der Waals surface area (Å²) in [5.74, 6) is 2.02. The molecule has 0 atom stereocenters. The van der Waals surface area contributed by atoms with Crippen molar-refractivity contribution in [3.05, 3.63) is 34.3 Å². The molecular formula is C13H20BrN3S. The van der Waals surface area contributed by atoms with Gasteiger partial charge in [-0.2, -0.15) is 11.8 Å². The van der Waals surface area contributed by atoms with E-state index in [-0.39, 0.29) is 0 Å². The molecule has 0 radical (unpaired) electrons. The van der Waals surface area contributed by atoms with Gasteiger partial charge in [-0.3, -0.25) is 4.99 Å². The molecule has 0 aliphatic heterocycles. The summed E-state index contributed by atoms with van der Waals surface area (Å²) in [4.78, 5) is 6.42. The summed E-state index contributed by atoms with van der Waals surface area (Å²) in [6, 6.07) is 8.26. The largest absolute Gasteiger partial charge is 0.355 e. The zero-order chi connectivity index (χ0) is 13.4. The summed E-state index contributed by atoms with van der Waals surface area (Å²) in [6.07, 6.45) is 2.11. The lowest BCUT2D eigenvalue weighted by Gasteiger charge is -2.22. The van der Waals surface area contributed by atoms with E-state index in [0.29, 0.717) is 0 Å². The van der Waals surface area contributed by atoms with Crippen LogP contribution in [0.2, 0.25) is 0 Å². The summed E-state index contributed by atoms with van der Waals surface area (Å²) in [7, 11) is 3.87. The highest BCUT2D eigenvalue weighted by Gasteiger charge is 2.07. The Labute approximate surface area is 122 Å². The minimum atomic E-state index is 0.834. The monoisotopic (exact) mass is 329 g/mol. The van der Waals surface area contributed by atoms with Gasteiger partial charge in [0.2, 0.25) is 0 Å². The average Bonchev–Trinajstić information content (AvgIpc) is 2.37. The number of halogens is 1. The van der Waals surface area contributed by atoms with Gasteiger partial charge in [0.15, 0.2) is 5.96 Å². The van der Waals surface area contributed by atoms with E-state index in [0.717, 1.165) is 29.3 Å². The SMILES string of the molecule is CN=C(NCCSC)N(C)Cc1ccccc1Br. The van der Waals surface area contributed by atoms with Gasteiger partial charge in [-0.1, -0.05) is 34.1 Å². The summed E-state index contributed by atoms with van der Waals surface area (Å²) in [5.41, 5.74) is 1.26. The van der Waals surface area contributed by atoms with Gasteiger partial charge >= 0.3 is 0 Å². The fourth-order valence-electron chi connectivity index (χ4n) is 1.61. The van der Waals surface area contributed by atoms with Crippen molar-refractivity contribution in [2.45, 2.75) is 6.54 Å². The van der Waals surface area contributed by atoms with E-state index >= 15 is 0 Å². The summed E-state index contributed by atoms with van der Waals surface area (Å²) >= 11 is 5.40. The van der Waals surface area contributed by atoms with Gasteiger partial charge in [0.1, 0.15) is 0 Å². The normalized spacial score (nSPS) is 11.4.